The number of methoxy groups -OCH3 is 1. The number of amides is 3. The van der Waals surface area contributed by atoms with Gasteiger partial charge < -0.3 is 20.3 Å². The van der Waals surface area contributed by atoms with Crippen molar-refractivity contribution in [1.82, 2.24) is 20.4 Å². The predicted molar refractivity (Wildman–Crippen MR) is 161 cm³/mol. The second-order valence-corrected chi connectivity index (χ2v) is 11.8. The number of rotatable bonds is 6. The van der Waals surface area contributed by atoms with Crippen molar-refractivity contribution in [3.63, 3.8) is 0 Å². The Morgan fingerprint density at radius 2 is 1.76 bits per heavy atom. The Kier molecular flexibility index (Phi) is 10.7. The number of ether oxygens (including phenoxy) is 1. The number of carbonyl (C=O) groups is 4. The molecule has 2 N–H and O–H groups in total. The van der Waals surface area contributed by atoms with E-state index in [9.17, 15) is 19.2 Å². The number of esters is 1. The van der Waals surface area contributed by atoms with Crippen LogP contribution >= 0.6 is 0 Å². The third kappa shape index (κ3) is 7.76. The maximum Gasteiger partial charge on any atom is 0.337 e. The van der Waals surface area contributed by atoms with E-state index in [1.165, 1.54) is 7.11 Å². The van der Waals surface area contributed by atoms with Gasteiger partial charge in [-0.3, -0.25) is 19.3 Å². The van der Waals surface area contributed by atoms with E-state index < -0.39 is 11.5 Å². The Labute approximate surface area is 249 Å². The average Bonchev–Trinajstić information content (AvgIpc) is 2.98. The molecule has 9 heteroatoms. The van der Waals surface area contributed by atoms with Gasteiger partial charge in [-0.05, 0) is 79.8 Å². The zero-order valence-corrected chi connectivity index (χ0v) is 25.1. The summed E-state index contributed by atoms with van der Waals surface area (Å²) in [7, 11) is 1.35. The van der Waals surface area contributed by atoms with Crippen LogP contribution in [0.2, 0.25) is 0 Å². The van der Waals surface area contributed by atoms with E-state index in [1.54, 1.807) is 17.0 Å². The highest BCUT2D eigenvalue weighted by atomic mass is 16.5. The van der Waals surface area contributed by atoms with Crippen molar-refractivity contribution < 1.29 is 23.9 Å². The second-order valence-electron chi connectivity index (χ2n) is 11.8. The molecule has 1 aliphatic heterocycles. The highest BCUT2D eigenvalue weighted by Gasteiger charge is 2.44. The third-order valence-electron chi connectivity index (χ3n) is 8.21. The first-order valence-corrected chi connectivity index (χ1v) is 15.1. The van der Waals surface area contributed by atoms with Crippen molar-refractivity contribution in [3.8, 4) is 0 Å². The number of nitrogens with one attached hydrogen (secondary N) is 2. The molecule has 2 aromatic rings. The van der Waals surface area contributed by atoms with Crippen LogP contribution < -0.4 is 10.6 Å². The normalized spacial score (nSPS) is 21.0. The summed E-state index contributed by atoms with van der Waals surface area (Å²) in [6.07, 6.45) is 4.46. The number of benzene rings is 2. The van der Waals surface area contributed by atoms with Crippen LogP contribution in [-0.2, 0) is 37.6 Å². The fourth-order valence-corrected chi connectivity index (χ4v) is 5.85. The molecule has 1 spiro atoms. The van der Waals surface area contributed by atoms with Crippen LogP contribution in [0, 0.1) is 5.92 Å². The number of hydrogen-bond donors (Lipinski definition) is 2. The van der Waals surface area contributed by atoms with Gasteiger partial charge >= 0.3 is 5.97 Å². The van der Waals surface area contributed by atoms with E-state index in [1.807, 2.05) is 36.4 Å². The number of aryl methyl sites for hydroxylation is 1. The quantitative estimate of drug-likeness (QED) is 0.511. The average molecular weight is 577 g/mol. The van der Waals surface area contributed by atoms with E-state index in [4.69, 9.17) is 4.74 Å². The SMILES string of the molecule is COC(=O)c1ccc(CN2CCCCNC(=O)C3(CCCc4ccccc43)NC(=O)CN(CCC(C)C)C(=O)C2)cc1. The Morgan fingerprint density at radius 1 is 1.00 bits per heavy atom. The summed E-state index contributed by atoms with van der Waals surface area (Å²) in [5.74, 6) is -0.671. The first kappa shape index (κ1) is 31.2. The lowest BCUT2D eigenvalue weighted by atomic mass is 9.75. The summed E-state index contributed by atoms with van der Waals surface area (Å²) in [5, 5.41) is 6.21. The zero-order chi connectivity index (χ0) is 30.1. The van der Waals surface area contributed by atoms with Crippen molar-refractivity contribution in [2.24, 2.45) is 5.92 Å². The lowest BCUT2D eigenvalue weighted by Crippen LogP contribution is -2.60. The van der Waals surface area contributed by atoms with Crippen LogP contribution in [0.3, 0.4) is 0 Å². The van der Waals surface area contributed by atoms with E-state index in [0.717, 1.165) is 48.8 Å². The lowest BCUT2D eigenvalue weighted by Gasteiger charge is -2.39. The van der Waals surface area contributed by atoms with Gasteiger partial charge in [0.15, 0.2) is 0 Å². The van der Waals surface area contributed by atoms with Crippen molar-refractivity contribution in [3.05, 3.63) is 70.8 Å². The smallest absolute Gasteiger partial charge is 0.337 e. The maximum absolute atomic E-state index is 13.8. The van der Waals surface area contributed by atoms with Gasteiger partial charge in [0.2, 0.25) is 17.7 Å². The molecular weight excluding hydrogens is 532 g/mol. The Bertz CT molecular complexity index is 1260. The van der Waals surface area contributed by atoms with Gasteiger partial charge in [0.1, 0.15) is 5.54 Å². The minimum atomic E-state index is -1.15. The molecule has 4 rings (SSSR count). The number of carbonyl (C=O) groups excluding carboxylic acids is 4. The monoisotopic (exact) mass is 576 g/mol. The van der Waals surface area contributed by atoms with Crippen molar-refractivity contribution in [1.29, 1.82) is 0 Å². The molecule has 0 radical (unpaired) electrons. The minimum Gasteiger partial charge on any atom is -0.465 e. The van der Waals surface area contributed by atoms with Gasteiger partial charge in [0, 0.05) is 19.6 Å². The molecular formula is C33H44N4O5. The van der Waals surface area contributed by atoms with Crippen LogP contribution in [0.5, 0.6) is 0 Å². The van der Waals surface area contributed by atoms with E-state index >= 15 is 0 Å². The highest BCUT2D eigenvalue weighted by molar-refractivity contribution is 5.94. The van der Waals surface area contributed by atoms with Crippen molar-refractivity contribution in [2.75, 3.05) is 39.8 Å². The summed E-state index contributed by atoms with van der Waals surface area (Å²) in [6.45, 7) is 6.36. The van der Waals surface area contributed by atoms with Crippen LogP contribution in [0.15, 0.2) is 48.5 Å². The molecule has 9 nitrogen and oxygen atoms in total. The molecule has 42 heavy (non-hydrogen) atoms. The fraction of sp³-hybridized carbons (Fsp3) is 0.515. The van der Waals surface area contributed by atoms with E-state index in [0.29, 0.717) is 44.1 Å². The summed E-state index contributed by atoms with van der Waals surface area (Å²) in [4.78, 5) is 56.7. The molecule has 1 heterocycles. The summed E-state index contributed by atoms with van der Waals surface area (Å²) in [6, 6.07) is 15.0. The first-order valence-electron chi connectivity index (χ1n) is 15.1. The summed E-state index contributed by atoms with van der Waals surface area (Å²) >= 11 is 0. The first-order chi connectivity index (χ1) is 20.2. The summed E-state index contributed by atoms with van der Waals surface area (Å²) in [5.41, 5.74) is 2.21. The topological polar surface area (TPSA) is 108 Å². The van der Waals surface area contributed by atoms with Gasteiger partial charge in [-0.1, -0.05) is 50.2 Å². The summed E-state index contributed by atoms with van der Waals surface area (Å²) < 4.78 is 4.80. The van der Waals surface area contributed by atoms with Crippen LogP contribution in [0.4, 0.5) is 0 Å². The standard InChI is InChI=1S/C33H44N4O5/c1-24(2)16-20-37-22-29(38)35-33(17-8-10-26-9-4-5-11-28(26)33)32(41)34-18-6-7-19-36(23-30(37)39)21-25-12-14-27(15-13-25)31(40)42-3/h4-5,9,11-15,24H,6-8,10,16-23H2,1-3H3,(H,34,41)(H,35,38). The maximum atomic E-state index is 13.8. The Morgan fingerprint density at radius 3 is 2.50 bits per heavy atom. The molecule has 0 aromatic heterocycles. The van der Waals surface area contributed by atoms with Crippen LogP contribution in [-0.4, -0.2) is 73.3 Å². The molecule has 2 aromatic carbocycles. The van der Waals surface area contributed by atoms with E-state index in [-0.39, 0.29) is 30.8 Å². The number of hydrogen-bond acceptors (Lipinski definition) is 6. The van der Waals surface area contributed by atoms with Gasteiger partial charge in [0.05, 0.1) is 25.8 Å². The molecule has 1 atom stereocenters. The Hall–Kier alpha value is -3.72. The molecule has 226 valence electrons. The predicted octanol–water partition coefficient (Wildman–Crippen LogP) is 3.41. The van der Waals surface area contributed by atoms with Crippen molar-refractivity contribution in [2.45, 2.75) is 64.5 Å². The fourth-order valence-electron chi connectivity index (χ4n) is 5.85. The molecule has 0 saturated carbocycles. The Balaban J connectivity index is 1.57. The van der Waals surface area contributed by atoms with Gasteiger partial charge in [-0.2, -0.15) is 0 Å². The van der Waals surface area contributed by atoms with Crippen LogP contribution in [0.25, 0.3) is 0 Å². The van der Waals surface area contributed by atoms with Gasteiger partial charge in [-0.25, -0.2) is 4.79 Å². The molecule has 1 aliphatic carbocycles. The molecule has 0 bridgehead atoms. The van der Waals surface area contributed by atoms with E-state index in [2.05, 4.69) is 29.4 Å². The zero-order valence-electron chi connectivity index (χ0n) is 25.1. The third-order valence-corrected chi connectivity index (χ3v) is 8.21. The minimum absolute atomic E-state index is 0.107. The number of nitrogens with zero attached hydrogens (tertiary/aromatic N) is 2. The van der Waals surface area contributed by atoms with Crippen molar-refractivity contribution >= 4 is 23.7 Å². The molecule has 1 fully saturated rings. The van der Waals surface area contributed by atoms with Gasteiger partial charge in [-0.15, -0.1) is 0 Å². The molecule has 1 unspecified atom stereocenters. The molecule has 3 amide bonds. The molecule has 1 saturated heterocycles. The highest BCUT2D eigenvalue weighted by Crippen LogP contribution is 2.36. The largest absolute Gasteiger partial charge is 0.465 e. The van der Waals surface area contributed by atoms with Crippen LogP contribution in [0.1, 0.15) is 73.0 Å². The van der Waals surface area contributed by atoms with Gasteiger partial charge in [0.25, 0.3) is 0 Å². The molecule has 2 aliphatic rings. The number of fused-ring (bicyclic) bond motifs is 2. The second kappa shape index (κ2) is 14.4. The lowest BCUT2D eigenvalue weighted by molar-refractivity contribution is -0.140.